The fourth-order valence-corrected chi connectivity index (χ4v) is 4.86. The van der Waals surface area contributed by atoms with Gasteiger partial charge in [0.25, 0.3) is 0 Å². The lowest BCUT2D eigenvalue weighted by Gasteiger charge is -2.58. The summed E-state index contributed by atoms with van der Waals surface area (Å²) in [5.41, 5.74) is 1.13. The number of fused-ring (bicyclic) bond motifs is 1. The summed E-state index contributed by atoms with van der Waals surface area (Å²) in [6.07, 6.45) is -2.06. The summed E-state index contributed by atoms with van der Waals surface area (Å²) >= 11 is 0. The third kappa shape index (κ3) is 5.53. The van der Waals surface area contributed by atoms with Crippen LogP contribution in [-0.4, -0.2) is 51.8 Å². The van der Waals surface area contributed by atoms with Crippen molar-refractivity contribution < 1.29 is 32.5 Å². The molecule has 2 N–H and O–H groups in total. The molecule has 1 aliphatic rings. The van der Waals surface area contributed by atoms with Crippen molar-refractivity contribution in [2.45, 2.75) is 38.1 Å². The van der Waals surface area contributed by atoms with E-state index in [1.54, 1.807) is 30.5 Å². The van der Waals surface area contributed by atoms with Crippen LogP contribution in [0.15, 0.2) is 72.9 Å². The number of benzene rings is 3. The largest absolute Gasteiger partial charge is 0.493 e. The number of hydrogen-bond donors (Lipinski definition) is 2. The Morgan fingerprint density at radius 1 is 1.07 bits per heavy atom. The molecule has 1 aromatic heterocycles. The van der Waals surface area contributed by atoms with Crippen LogP contribution in [0.3, 0.4) is 0 Å². The highest BCUT2D eigenvalue weighted by Gasteiger charge is 2.43. The predicted molar refractivity (Wildman–Crippen MR) is 145 cm³/mol. The van der Waals surface area contributed by atoms with Gasteiger partial charge in [-0.2, -0.15) is 13.2 Å². The number of amidine groups is 1. The minimum absolute atomic E-state index is 0.0239. The predicted octanol–water partition coefficient (Wildman–Crippen LogP) is 6.31. The number of hydrogen-bond acceptors (Lipinski definition) is 4. The number of carbonyl (C=O) groups excluding carboxylic acids is 1. The van der Waals surface area contributed by atoms with Gasteiger partial charge in [-0.05, 0) is 59.9 Å². The van der Waals surface area contributed by atoms with Gasteiger partial charge in [0.05, 0.1) is 17.9 Å². The van der Waals surface area contributed by atoms with Gasteiger partial charge in [0.1, 0.15) is 11.5 Å². The number of nitrogens with one attached hydrogen (secondary N) is 1. The number of likely N-dealkylation sites (tertiary alicyclic amines) is 1. The molecular weight excluding hydrogens is 523 g/mol. The van der Waals surface area contributed by atoms with Gasteiger partial charge in [-0.15, -0.1) is 0 Å². The molecule has 1 saturated heterocycles. The molecular formula is C30H27F3N3O4-. The van der Waals surface area contributed by atoms with E-state index in [2.05, 4.69) is 4.98 Å². The van der Waals surface area contributed by atoms with Crippen LogP contribution in [-0.2, 0) is 6.42 Å². The van der Waals surface area contributed by atoms with Crippen molar-refractivity contribution in [3.05, 3.63) is 89.5 Å². The fourth-order valence-electron chi connectivity index (χ4n) is 4.86. The van der Waals surface area contributed by atoms with Gasteiger partial charge in [-0.3, -0.25) is 4.79 Å². The minimum Gasteiger partial charge on any atom is -0.493 e. The number of aliphatic hydroxyl groups is 1. The molecule has 0 bridgehead atoms. The average molecular weight is 551 g/mol. The number of alkyl halides is 3. The third-order valence-electron chi connectivity index (χ3n) is 6.71. The van der Waals surface area contributed by atoms with Crippen LogP contribution in [0, 0.1) is 0 Å². The second-order valence-corrected chi connectivity index (χ2v) is 9.74. The number of aromatic amines is 1. The number of amides is 1. The summed E-state index contributed by atoms with van der Waals surface area (Å²) in [6, 6.07) is 18.5. The summed E-state index contributed by atoms with van der Waals surface area (Å²) in [6.45, 7) is 0.816. The van der Waals surface area contributed by atoms with Crippen LogP contribution in [0.2, 0.25) is 0 Å². The lowest BCUT2D eigenvalue weighted by molar-refractivity contribution is -0.153. The first-order valence-corrected chi connectivity index (χ1v) is 12.8. The molecule has 1 aliphatic heterocycles. The van der Waals surface area contributed by atoms with E-state index in [1.807, 2.05) is 31.2 Å². The molecule has 0 saturated carbocycles. The van der Waals surface area contributed by atoms with Gasteiger partial charge in [0.2, 0.25) is 0 Å². The average Bonchev–Trinajstić information content (AvgIpc) is 3.32. The monoisotopic (exact) mass is 550 g/mol. The van der Waals surface area contributed by atoms with E-state index >= 15 is 0 Å². The van der Waals surface area contributed by atoms with Gasteiger partial charge >= 0.3 is 6.18 Å². The maximum Gasteiger partial charge on any atom is 0.422 e. The zero-order valence-electron chi connectivity index (χ0n) is 21.7. The van der Waals surface area contributed by atoms with Crippen LogP contribution in [0.5, 0.6) is 11.5 Å². The molecule has 10 heteroatoms. The number of H-pyrrole nitrogens is 1. The SMILES string of the molecule is CCCOc1ccc(-c2cccc(OCC(F)(F)F)c2)cc1C(=O)N1C(=[N-])CC1(O)Cc1c[nH]c2ccccc12. The van der Waals surface area contributed by atoms with Crippen molar-refractivity contribution in [1.29, 1.82) is 0 Å². The standard InChI is InChI=1S/C30H27F3N3O4/c1-2-12-39-26-11-10-20(19-6-5-7-22(13-19)40-18-30(31,32)33)14-24(26)28(37)36-27(34)16-29(36,38)15-21-17-35-25-9-4-3-8-23(21)25/h3-11,13-14,17,35,38H,2,12,15-16,18H2,1H3/q-1. The zero-order valence-corrected chi connectivity index (χ0v) is 21.7. The van der Waals surface area contributed by atoms with Crippen molar-refractivity contribution in [3.63, 3.8) is 0 Å². The normalized spacial score (nSPS) is 17.1. The number of aromatic nitrogens is 1. The third-order valence-corrected chi connectivity index (χ3v) is 6.71. The van der Waals surface area contributed by atoms with Crippen LogP contribution in [0.1, 0.15) is 35.7 Å². The summed E-state index contributed by atoms with van der Waals surface area (Å²) in [4.78, 5) is 18.0. The second kappa shape index (κ2) is 10.7. The number of carbonyl (C=O) groups is 1. The molecule has 1 atom stereocenters. The molecule has 40 heavy (non-hydrogen) atoms. The first-order chi connectivity index (χ1) is 19.1. The van der Waals surface area contributed by atoms with Crippen molar-refractivity contribution >= 4 is 22.6 Å². The Morgan fingerprint density at radius 2 is 1.85 bits per heavy atom. The van der Waals surface area contributed by atoms with E-state index in [1.165, 1.54) is 18.2 Å². The molecule has 2 heterocycles. The zero-order chi connectivity index (χ0) is 28.5. The van der Waals surface area contributed by atoms with Crippen molar-refractivity contribution in [2.75, 3.05) is 13.2 Å². The Morgan fingerprint density at radius 3 is 2.60 bits per heavy atom. The van der Waals surface area contributed by atoms with E-state index in [0.717, 1.165) is 21.4 Å². The number of rotatable bonds is 9. The molecule has 1 amide bonds. The Hall–Kier alpha value is -4.31. The summed E-state index contributed by atoms with van der Waals surface area (Å²) in [5.74, 6) is -0.657. The molecule has 7 nitrogen and oxygen atoms in total. The summed E-state index contributed by atoms with van der Waals surface area (Å²) < 4.78 is 48.6. The van der Waals surface area contributed by atoms with E-state index < -0.39 is 24.4 Å². The maximum atomic E-state index is 13.8. The number of ether oxygens (including phenoxy) is 2. The molecule has 1 unspecified atom stereocenters. The molecule has 0 aliphatic carbocycles. The van der Waals surface area contributed by atoms with E-state index in [0.29, 0.717) is 24.2 Å². The molecule has 5 rings (SSSR count). The van der Waals surface area contributed by atoms with Gasteiger partial charge in [0.15, 0.2) is 12.5 Å². The Bertz CT molecular complexity index is 1570. The molecule has 0 radical (unpaired) electrons. The number of halogens is 3. The Kier molecular flexibility index (Phi) is 7.29. The quantitative estimate of drug-likeness (QED) is 0.255. The molecule has 0 spiro atoms. The molecule has 208 valence electrons. The minimum atomic E-state index is -4.48. The lowest BCUT2D eigenvalue weighted by atomic mass is 9.88. The lowest BCUT2D eigenvalue weighted by Crippen LogP contribution is -2.66. The first kappa shape index (κ1) is 27.3. The smallest absolute Gasteiger partial charge is 0.422 e. The fraction of sp³-hybridized carbons (Fsp3) is 0.267. The van der Waals surface area contributed by atoms with Crippen molar-refractivity contribution in [2.24, 2.45) is 0 Å². The highest BCUT2D eigenvalue weighted by Crippen LogP contribution is 2.39. The maximum absolute atomic E-state index is 13.8. The van der Waals surface area contributed by atoms with Crippen LogP contribution >= 0.6 is 0 Å². The van der Waals surface area contributed by atoms with E-state index in [9.17, 15) is 28.5 Å². The number of nitrogens with zero attached hydrogens (tertiary/aromatic N) is 2. The molecule has 1 fully saturated rings. The second-order valence-electron chi connectivity index (χ2n) is 9.74. The summed E-state index contributed by atoms with van der Waals surface area (Å²) in [5, 5.41) is 22.9. The van der Waals surface area contributed by atoms with Crippen LogP contribution < -0.4 is 9.47 Å². The van der Waals surface area contributed by atoms with E-state index in [-0.39, 0.29) is 35.7 Å². The topological polar surface area (TPSA) is 97.1 Å². The first-order valence-electron chi connectivity index (χ1n) is 12.8. The summed E-state index contributed by atoms with van der Waals surface area (Å²) in [7, 11) is 0. The van der Waals surface area contributed by atoms with E-state index in [4.69, 9.17) is 9.47 Å². The van der Waals surface area contributed by atoms with Crippen molar-refractivity contribution in [3.8, 4) is 22.6 Å². The molecule has 4 aromatic rings. The number of para-hydroxylation sites is 1. The van der Waals surface area contributed by atoms with Crippen molar-refractivity contribution in [1.82, 2.24) is 9.88 Å². The molecule has 3 aromatic carbocycles. The van der Waals surface area contributed by atoms with Gasteiger partial charge in [-0.25, -0.2) is 0 Å². The van der Waals surface area contributed by atoms with Crippen LogP contribution in [0.4, 0.5) is 13.2 Å². The van der Waals surface area contributed by atoms with Gasteiger partial charge in [-0.1, -0.05) is 49.2 Å². The van der Waals surface area contributed by atoms with Gasteiger partial charge < -0.3 is 29.9 Å². The highest BCUT2D eigenvalue weighted by molar-refractivity contribution is 6.13. The highest BCUT2D eigenvalue weighted by atomic mass is 19.4. The van der Waals surface area contributed by atoms with Crippen LogP contribution in [0.25, 0.3) is 27.4 Å². The Balaban J connectivity index is 1.46. The Labute approximate surface area is 228 Å². The van der Waals surface area contributed by atoms with Gasteiger partial charge in [0, 0.05) is 23.5 Å².